The summed E-state index contributed by atoms with van der Waals surface area (Å²) in [5.41, 5.74) is 2.49. The van der Waals surface area contributed by atoms with Crippen molar-refractivity contribution in [2.45, 2.75) is 20.3 Å². The van der Waals surface area contributed by atoms with Gasteiger partial charge in [0.15, 0.2) is 0 Å². The molecule has 2 heterocycles. The summed E-state index contributed by atoms with van der Waals surface area (Å²) in [5.74, 6) is 1.32. The van der Waals surface area contributed by atoms with E-state index in [1.54, 1.807) is 6.07 Å². The van der Waals surface area contributed by atoms with Gasteiger partial charge in [0, 0.05) is 56.6 Å². The number of halogens is 2. The standard InChI is InChI=1S/C25H31ClFN7O/c1-3-35-16-6-11-28-23-30-24(29-21-10-9-19(26)17-18(21)2)32-25(31-23)34-14-12-33(13-15-34)22-8-5-4-7-20(22)27/h4-5,7-10,17H,3,6,11-16H2,1-2H3,(H2,28,29,30,31,32). The zero-order valence-corrected chi connectivity index (χ0v) is 20.9. The summed E-state index contributed by atoms with van der Waals surface area (Å²) in [6.45, 7) is 8.69. The first-order valence-electron chi connectivity index (χ1n) is 11.9. The molecule has 0 bridgehead atoms. The fraction of sp³-hybridized carbons (Fsp3) is 0.400. The predicted molar refractivity (Wildman–Crippen MR) is 140 cm³/mol. The molecule has 2 N–H and O–H groups in total. The third kappa shape index (κ3) is 6.70. The van der Waals surface area contributed by atoms with E-state index in [4.69, 9.17) is 21.3 Å². The van der Waals surface area contributed by atoms with Crippen LogP contribution in [0, 0.1) is 12.7 Å². The summed E-state index contributed by atoms with van der Waals surface area (Å²) in [7, 11) is 0. The third-order valence-corrected chi connectivity index (χ3v) is 6.00. The van der Waals surface area contributed by atoms with Crippen LogP contribution < -0.4 is 20.4 Å². The summed E-state index contributed by atoms with van der Waals surface area (Å²) in [5, 5.41) is 7.26. The molecule has 0 saturated carbocycles. The van der Waals surface area contributed by atoms with Crippen molar-refractivity contribution in [2.24, 2.45) is 0 Å². The topological polar surface area (TPSA) is 78.4 Å². The number of hydrogen-bond acceptors (Lipinski definition) is 8. The van der Waals surface area contributed by atoms with Crippen LogP contribution in [0.3, 0.4) is 0 Å². The van der Waals surface area contributed by atoms with E-state index in [1.165, 1.54) is 6.07 Å². The molecular weight excluding hydrogens is 469 g/mol. The van der Waals surface area contributed by atoms with Crippen LogP contribution in [0.4, 0.5) is 33.6 Å². The lowest BCUT2D eigenvalue weighted by molar-refractivity contribution is 0.147. The van der Waals surface area contributed by atoms with Crippen molar-refractivity contribution in [1.29, 1.82) is 0 Å². The lowest BCUT2D eigenvalue weighted by atomic mass is 10.2. The largest absolute Gasteiger partial charge is 0.382 e. The Balaban J connectivity index is 1.50. The van der Waals surface area contributed by atoms with E-state index in [9.17, 15) is 4.39 Å². The number of para-hydroxylation sites is 1. The summed E-state index contributed by atoms with van der Waals surface area (Å²) in [4.78, 5) is 18.1. The van der Waals surface area contributed by atoms with E-state index in [0.29, 0.717) is 74.5 Å². The molecule has 35 heavy (non-hydrogen) atoms. The smallest absolute Gasteiger partial charge is 0.233 e. The molecule has 186 valence electrons. The second-order valence-electron chi connectivity index (χ2n) is 8.27. The first kappa shape index (κ1) is 24.9. The minimum atomic E-state index is -0.204. The SMILES string of the molecule is CCOCCCNc1nc(Nc2ccc(Cl)cc2C)nc(N2CCN(c3ccccc3F)CC2)n1. The van der Waals surface area contributed by atoms with Crippen molar-refractivity contribution in [3.8, 4) is 0 Å². The van der Waals surface area contributed by atoms with Gasteiger partial charge in [-0.1, -0.05) is 23.7 Å². The molecule has 0 spiro atoms. The molecule has 0 aliphatic carbocycles. The highest BCUT2D eigenvalue weighted by molar-refractivity contribution is 6.30. The average Bonchev–Trinajstić information content (AvgIpc) is 2.86. The maximum Gasteiger partial charge on any atom is 0.233 e. The van der Waals surface area contributed by atoms with Crippen LogP contribution in [0.25, 0.3) is 0 Å². The molecule has 3 aromatic rings. The van der Waals surface area contributed by atoms with Crippen LogP contribution >= 0.6 is 11.6 Å². The van der Waals surface area contributed by atoms with Crippen molar-refractivity contribution in [2.75, 3.05) is 66.4 Å². The van der Waals surface area contributed by atoms with Gasteiger partial charge in [0.25, 0.3) is 0 Å². The Morgan fingerprint density at radius 2 is 1.74 bits per heavy atom. The zero-order valence-electron chi connectivity index (χ0n) is 20.1. The van der Waals surface area contributed by atoms with Gasteiger partial charge in [-0.25, -0.2) is 4.39 Å². The lowest BCUT2D eigenvalue weighted by Crippen LogP contribution is -2.47. The Morgan fingerprint density at radius 3 is 2.49 bits per heavy atom. The van der Waals surface area contributed by atoms with Gasteiger partial charge >= 0.3 is 0 Å². The Morgan fingerprint density at radius 1 is 1.00 bits per heavy atom. The van der Waals surface area contributed by atoms with E-state index in [1.807, 2.05) is 44.2 Å². The van der Waals surface area contributed by atoms with Crippen LogP contribution in [0.1, 0.15) is 18.9 Å². The van der Waals surface area contributed by atoms with Crippen molar-refractivity contribution in [3.63, 3.8) is 0 Å². The number of aryl methyl sites for hydroxylation is 1. The molecule has 0 atom stereocenters. The number of hydrogen-bond donors (Lipinski definition) is 2. The van der Waals surface area contributed by atoms with Gasteiger partial charge in [-0.2, -0.15) is 15.0 Å². The quantitative estimate of drug-likeness (QED) is 0.382. The summed E-state index contributed by atoms with van der Waals surface area (Å²) in [6, 6.07) is 12.5. The van der Waals surface area contributed by atoms with Crippen LogP contribution in [-0.2, 0) is 4.74 Å². The number of piperazine rings is 1. The number of benzene rings is 2. The molecule has 0 radical (unpaired) electrons. The van der Waals surface area contributed by atoms with Crippen molar-refractivity contribution in [1.82, 2.24) is 15.0 Å². The second-order valence-corrected chi connectivity index (χ2v) is 8.71. The van der Waals surface area contributed by atoms with Crippen molar-refractivity contribution in [3.05, 3.63) is 58.9 Å². The third-order valence-electron chi connectivity index (χ3n) is 5.77. The number of nitrogens with zero attached hydrogens (tertiary/aromatic N) is 5. The van der Waals surface area contributed by atoms with Gasteiger partial charge in [0.1, 0.15) is 5.82 Å². The van der Waals surface area contributed by atoms with E-state index >= 15 is 0 Å². The highest BCUT2D eigenvalue weighted by Crippen LogP contribution is 2.25. The predicted octanol–water partition coefficient (Wildman–Crippen LogP) is 4.88. The highest BCUT2D eigenvalue weighted by Gasteiger charge is 2.22. The maximum absolute atomic E-state index is 14.2. The molecule has 0 unspecified atom stereocenters. The van der Waals surface area contributed by atoms with E-state index in [-0.39, 0.29) is 5.82 Å². The van der Waals surface area contributed by atoms with Crippen LogP contribution in [0.5, 0.6) is 0 Å². The molecule has 10 heteroatoms. The van der Waals surface area contributed by atoms with E-state index in [0.717, 1.165) is 17.7 Å². The number of aromatic nitrogens is 3. The summed E-state index contributed by atoms with van der Waals surface area (Å²) in [6.07, 6.45) is 0.842. The Kier molecular flexibility index (Phi) is 8.54. The van der Waals surface area contributed by atoms with Gasteiger partial charge in [-0.15, -0.1) is 0 Å². The highest BCUT2D eigenvalue weighted by atomic mass is 35.5. The monoisotopic (exact) mass is 499 g/mol. The average molecular weight is 500 g/mol. The van der Waals surface area contributed by atoms with E-state index < -0.39 is 0 Å². The fourth-order valence-electron chi connectivity index (χ4n) is 3.90. The molecule has 0 amide bonds. The van der Waals surface area contributed by atoms with Gasteiger partial charge in [-0.05, 0) is 56.2 Å². The first-order chi connectivity index (χ1) is 17.0. The Bertz CT molecular complexity index is 1120. The lowest BCUT2D eigenvalue weighted by Gasteiger charge is -2.36. The van der Waals surface area contributed by atoms with Crippen LogP contribution in [0.15, 0.2) is 42.5 Å². The van der Waals surface area contributed by atoms with Crippen LogP contribution in [0.2, 0.25) is 5.02 Å². The van der Waals surface area contributed by atoms with E-state index in [2.05, 4.69) is 30.4 Å². The molecule has 8 nitrogen and oxygen atoms in total. The summed E-state index contributed by atoms with van der Waals surface area (Å²) < 4.78 is 19.7. The maximum atomic E-state index is 14.2. The van der Waals surface area contributed by atoms with Gasteiger partial charge in [-0.3, -0.25) is 0 Å². The molecular formula is C25H31ClFN7O. The van der Waals surface area contributed by atoms with Gasteiger partial charge in [0.05, 0.1) is 5.69 Å². The fourth-order valence-corrected chi connectivity index (χ4v) is 4.13. The molecule has 1 aliphatic heterocycles. The first-order valence-corrected chi connectivity index (χ1v) is 12.3. The number of nitrogens with one attached hydrogen (secondary N) is 2. The van der Waals surface area contributed by atoms with Crippen molar-refractivity contribution < 1.29 is 9.13 Å². The Labute approximate surface area is 210 Å². The number of ether oxygens (including phenoxy) is 1. The molecule has 1 saturated heterocycles. The van der Waals surface area contributed by atoms with Gasteiger partial charge < -0.3 is 25.2 Å². The molecule has 4 rings (SSSR count). The second kappa shape index (κ2) is 12.0. The van der Waals surface area contributed by atoms with Gasteiger partial charge in [0.2, 0.25) is 17.8 Å². The minimum Gasteiger partial charge on any atom is -0.382 e. The Hall–Kier alpha value is -3.17. The normalized spacial score (nSPS) is 13.7. The minimum absolute atomic E-state index is 0.204. The number of rotatable bonds is 10. The summed E-state index contributed by atoms with van der Waals surface area (Å²) >= 11 is 6.11. The molecule has 1 aromatic heterocycles. The molecule has 1 aliphatic rings. The molecule has 2 aromatic carbocycles. The number of anilines is 5. The zero-order chi connectivity index (χ0) is 24.6. The van der Waals surface area contributed by atoms with Crippen molar-refractivity contribution >= 4 is 40.8 Å². The van der Waals surface area contributed by atoms with Crippen LogP contribution in [-0.4, -0.2) is 60.9 Å². The molecule has 1 fully saturated rings.